The predicted octanol–water partition coefficient (Wildman–Crippen LogP) is 11.9. The number of likely N-dealkylation sites (N-methyl/N-ethyl adjacent to an activating group) is 1. The summed E-state index contributed by atoms with van der Waals surface area (Å²) >= 11 is 7.06. The summed E-state index contributed by atoms with van der Waals surface area (Å²) in [5.74, 6) is 2.00. The normalized spacial score (nSPS) is 15.2. The number of hydrogen-bond acceptors (Lipinski definition) is 6. The Morgan fingerprint density at radius 1 is 1.02 bits per heavy atom. The minimum absolute atomic E-state index is 0.0594. The zero-order chi connectivity index (χ0) is 44.4. The molecule has 2 N–H and O–H groups in total. The van der Waals surface area contributed by atoms with Gasteiger partial charge in [-0.15, -0.1) is 0 Å². The molecule has 59 heavy (non-hydrogen) atoms. The highest BCUT2D eigenvalue weighted by atomic mass is 35.5. The number of amides is 3. The molecule has 3 aromatic rings. The number of pyridine rings is 1. The SMILES string of the molecule is C=C1N(CCC)C=C(C(=O)Nc2cccc(-c3cccc(-c4cc5c(c(OC)n4)C(C)CC5)c3Cl)c2C)C(=O)N1C.CC.CCC(C)C(=O)NC.CCCCC(C)CC. The molecule has 0 spiro atoms. The van der Waals surface area contributed by atoms with E-state index in [0.717, 1.165) is 59.5 Å². The van der Waals surface area contributed by atoms with Gasteiger partial charge in [-0.3, -0.25) is 19.3 Å². The van der Waals surface area contributed by atoms with E-state index in [2.05, 4.69) is 51.0 Å². The van der Waals surface area contributed by atoms with Crippen molar-refractivity contribution >= 4 is 35.0 Å². The number of hydrogen-bond donors (Lipinski definition) is 2. The van der Waals surface area contributed by atoms with Crippen molar-refractivity contribution in [3.8, 4) is 28.3 Å². The zero-order valence-electron chi connectivity index (χ0n) is 38.3. The van der Waals surface area contributed by atoms with Crippen molar-refractivity contribution in [2.75, 3.05) is 33.1 Å². The summed E-state index contributed by atoms with van der Waals surface area (Å²) in [5.41, 5.74) is 7.21. The van der Waals surface area contributed by atoms with Crippen LogP contribution in [0.1, 0.15) is 130 Å². The fraction of sp³-hybridized carbons (Fsp3) is 0.510. The van der Waals surface area contributed by atoms with Crippen molar-refractivity contribution in [3.05, 3.63) is 88.4 Å². The van der Waals surface area contributed by atoms with Crippen LogP contribution in [0.2, 0.25) is 5.02 Å². The average Bonchev–Trinajstić information content (AvgIpc) is 3.64. The van der Waals surface area contributed by atoms with Crippen LogP contribution in [0.5, 0.6) is 5.88 Å². The second-order valence-electron chi connectivity index (χ2n) is 15.2. The van der Waals surface area contributed by atoms with Crippen LogP contribution in [0.25, 0.3) is 22.4 Å². The lowest BCUT2D eigenvalue weighted by molar-refractivity contribution is -0.128. The van der Waals surface area contributed by atoms with E-state index in [9.17, 15) is 14.4 Å². The number of fused-ring (bicyclic) bond motifs is 1. The van der Waals surface area contributed by atoms with Crippen LogP contribution >= 0.6 is 11.6 Å². The molecule has 0 bridgehead atoms. The van der Waals surface area contributed by atoms with Crippen LogP contribution in [0.3, 0.4) is 0 Å². The molecule has 324 valence electrons. The topological polar surface area (TPSA) is 104 Å². The summed E-state index contributed by atoms with van der Waals surface area (Å²) in [7, 11) is 4.94. The smallest absolute Gasteiger partial charge is 0.266 e. The molecule has 1 aliphatic carbocycles. The summed E-state index contributed by atoms with van der Waals surface area (Å²) in [6.07, 6.45) is 10.9. The molecule has 2 heterocycles. The number of methoxy groups -OCH3 is 1. The number of unbranched alkanes of at least 4 members (excludes halogenated alkanes) is 1. The molecule has 0 radical (unpaired) electrons. The average molecular weight is 831 g/mol. The highest BCUT2D eigenvalue weighted by Gasteiger charge is 2.31. The van der Waals surface area contributed by atoms with E-state index in [1.54, 1.807) is 27.4 Å². The first-order chi connectivity index (χ1) is 28.2. The van der Waals surface area contributed by atoms with E-state index in [0.29, 0.717) is 34.9 Å². The number of nitrogens with one attached hydrogen (secondary N) is 2. The van der Waals surface area contributed by atoms with Gasteiger partial charge in [0.15, 0.2) is 0 Å². The number of ether oxygens (including phenoxy) is 1. The van der Waals surface area contributed by atoms with Crippen LogP contribution in [0, 0.1) is 18.8 Å². The van der Waals surface area contributed by atoms with E-state index in [1.807, 2.05) is 82.8 Å². The minimum atomic E-state index is -0.473. The number of nitrogens with zero attached hydrogens (tertiary/aromatic N) is 3. The molecule has 0 saturated heterocycles. The molecular weight excluding hydrogens is 758 g/mol. The van der Waals surface area contributed by atoms with Crippen molar-refractivity contribution in [1.82, 2.24) is 20.1 Å². The highest BCUT2D eigenvalue weighted by Crippen LogP contribution is 2.43. The molecule has 1 aromatic heterocycles. The van der Waals surface area contributed by atoms with E-state index in [1.165, 1.54) is 41.7 Å². The Bertz CT molecular complexity index is 1910. The summed E-state index contributed by atoms with van der Waals surface area (Å²) in [6, 6.07) is 13.7. The Morgan fingerprint density at radius 2 is 1.66 bits per heavy atom. The molecule has 3 unspecified atom stereocenters. The lowest BCUT2D eigenvalue weighted by atomic mass is 9.95. The maximum absolute atomic E-state index is 13.3. The first-order valence-corrected chi connectivity index (χ1v) is 22.0. The molecule has 5 rings (SSSR count). The third-order valence-corrected chi connectivity index (χ3v) is 11.5. The first-order valence-electron chi connectivity index (χ1n) is 21.6. The van der Waals surface area contributed by atoms with E-state index in [4.69, 9.17) is 21.3 Å². The molecule has 3 amide bonds. The molecule has 0 fully saturated rings. The second-order valence-corrected chi connectivity index (χ2v) is 15.6. The Labute approximate surface area is 361 Å². The fourth-order valence-electron chi connectivity index (χ4n) is 6.87. The molecule has 1 aliphatic heterocycles. The van der Waals surface area contributed by atoms with Crippen molar-refractivity contribution in [2.24, 2.45) is 11.8 Å². The van der Waals surface area contributed by atoms with E-state index < -0.39 is 11.8 Å². The molecule has 2 aromatic carbocycles. The molecule has 10 heteroatoms. The van der Waals surface area contributed by atoms with Gasteiger partial charge in [-0.2, -0.15) is 0 Å². The summed E-state index contributed by atoms with van der Waals surface area (Å²) in [5, 5.41) is 6.10. The van der Waals surface area contributed by atoms with Gasteiger partial charge in [0.2, 0.25) is 11.8 Å². The van der Waals surface area contributed by atoms with Gasteiger partial charge in [0.25, 0.3) is 11.8 Å². The van der Waals surface area contributed by atoms with E-state index >= 15 is 0 Å². The maximum atomic E-state index is 13.3. The number of aryl methyl sites for hydroxylation is 1. The van der Waals surface area contributed by atoms with Gasteiger partial charge in [0, 0.05) is 55.1 Å². The molecular formula is C49H72ClN5O4. The number of benzene rings is 2. The van der Waals surface area contributed by atoms with Crippen LogP contribution in [-0.4, -0.2) is 60.3 Å². The van der Waals surface area contributed by atoms with Crippen LogP contribution in [-0.2, 0) is 20.8 Å². The number of anilines is 1. The monoisotopic (exact) mass is 830 g/mol. The fourth-order valence-corrected chi connectivity index (χ4v) is 7.20. The Hall–Kier alpha value is -4.63. The second kappa shape index (κ2) is 25.1. The predicted molar refractivity (Wildman–Crippen MR) is 248 cm³/mol. The molecule has 0 saturated carbocycles. The van der Waals surface area contributed by atoms with Crippen LogP contribution in [0.15, 0.2) is 66.6 Å². The standard InChI is InChI=1S/C33H35ClN4O3.C8H18.C6H13NO.C2H6/c1-7-16-38-18-26(33(40)37(5)21(38)4)31(39)35-27-13-9-10-23(20(27)3)24-11-8-12-25(30(24)34)28-17-22-15-14-19(2)29(22)32(36-28)41-6;1-4-6-7-8(3)5-2;1-4-5(2)6(8)7-3;1-2/h8-13,17-19H,4,7,14-16H2,1-3,5-6H3,(H,35,39);8H,4-7H2,1-3H3;5H,4H2,1-3H3,(H,7,8);1-2H3. The number of aromatic nitrogens is 1. The van der Waals surface area contributed by atoms with Gasteiger partial charge in [0.05, 0.1) is 17.8 Å². The third kappa shape index (κ3) is 13.2. The molecule has 2 aliphatic rings. The third-order valence-electron chi connectivity index (χ3n) is 11.1. The van der Waals surface area contributed by atoms with Gasteiger partial charge in [-0.1, -0.05) is 137 Å². The van der Waals surface area contributed by atoms with Crippen LogP contribution < -0.4 is 15.4 Å². The minimum Gasteiger partial charge on any atom is -0.481 e. The summed E-state index contributed by atoms with van der Waals surface area (Å²) in [4.78, 5) is 44.9. The number of rotatable bonds is 13. The number of carbonyl (C=O) groups excluding carboxylic acids is 3. The van der Waals surface area contributed by atoms with Gasteiger partial charge < -0.3 is 20.3 Å². The van der Waals surface area contributed by atoms with Gasteiger partial charge in [-0.05, 0) is 73.3 Å². The largest absolute Gasteiger partial charge is 0.481 e. The van der Waals surface area contributed by atoms with Crippen molar-refractivity contribution in [2.45, 2.75) is 127 Å². The van der Waals surface area contributed by atoms with Gasteiger partial charge >= 0.3 is 0 Å². The van der Waals surface area contributed by atoms with Crippen molar-refractivity contribution in [1.29, 1.82) is 0 Å². The number of halogens is 1. The van der Waals surface area contributed by atoms with Gasteiger partial charge in [-0.25, -0.2) is 4.98 Å². The first kappa shape index (κ1) is 50.5. The number of carbonyl (C=O) groups is 3. The lowest BCUT2D eigenvalue weighted by Crippen LogP contribution is -2.42. The summed E-state index contributed by atoms with van der Waals surface area (Å²) in [6.45, 7) is 25.6. The van der Waals surface area contributed by atoms with Gasteiger partial charge in [0.1, 0.15) is 11.4 Å². The molecule has 3 atom stereocenters. The quantitative estimate of drug-likeness (QED) is 0.166. The lowest BCUT2D eigenvalue weighted by Gasteiger charge is -2.34. The Kier molecular flexibility index (Phi) is 21.5. The highest BCUT2D eigenvalue weighted by molar-refractivity contribution is 6.36. The van der Waals surface area contributed by atoms with Crippen molar-refractivity contribution in [3.63, 3.8) is 0 Å². The van der Waals surface area contributed by atoms with Crippen LogP contribution in [0.4, 0.5) is 5.69 Å². The van der Waals surface area contributed by atoms with E-state index in [-0.39, 0.29) is 17.4 Å². The Morgan fingerprint density at radius 3 is 2.24 bits per heavy atom. The maximum Gasteiger partial charge on any atom is 0.266 e. The van der Waals surface area contributed by atoms with Crippen molar-refractivity contribution < 1.29 is 19.1 Å². The summed E-state index contributed by atoms with van der Waals surface area (Å²) < 4.78 is 5.67. The Balaban J connectivity index is 0.000000558. The molecule has 9 nitrogen and oxygen atoms in total. The zero-order valence-corrected chi connectivity index (χ0v) is 39.0.